The Balaban J connectivity index is 3.57. The van der Waals surface area contributed by atoms with Crippen molar-refractivity contribution in [3.05, 3.63) is 0 Å². The van der Waals surface area contributed by atoms with Crippen molar-refractivity contribution >= 4 is 5.91 Å². The molecule has 3 N–H and O–H groups in total. The molecule has 12 heavy (non-hydrogen) atoms. The van der Waals surface area contributed by atoms with Crippen LogP contribution < -0.4 is 11.1 Å². The molecule has 0 aromatic rings. The molecule has 0 radical (unpaired) electrons. The van der Waals surface area contributed by atoms with Gasteiger partial charge in [0.15, 0.2) is 0 Å². The average molecular weight is 175 g/mol. The molecule has 0 aromatic heterocycles. The van der Waals surface area contributed by atoms with Crippen LogP contribution in [0.25, 0.3) is 0 Å². The normalized spacial score (nSPS) is 13.1. The van der Waals surface area contributed by atoms with Gasteiger partial charge in [0, 0.05) is 6.54 Å². The van der Waals surface area contributed by atoms with E-state index in [2.05, 4.69) is 12.2 Å². The summed E-state index contributed by atoms with van der Waals surface area (Å²) in [5.41, 5.74) is 5.63. The van der Waals surface area contributed by atoms with E-state index < -0.39 is 0 Å². The first-order chi connectivity index (χ1) is 5.59. The molecule has 3 heteroatoms. The first kappa shape index (κ1) is 11.4. The molecular weight excluding hydrogens is 155 g/mol. The number of nitrogens with one attached hydrogen (secondary N) is 1. The number of hydrogen-bond acceptors (Lipinski definition) is 2. The maximum Gasteiger partial charge on any atom is 0.237 e. The third kappa shape index (κ3) is 4.34. The van der Waals surface area contributed by atoms with Crippen molar-refractivity contribution in [2.24, 2.45) is 11.7 Å². The van der Waals surface area contributed by atoms with E-state index in [4.69, 9.17) is 5.73 Å². The predicted octanol–water partition coefficient (Wildman–Crippen LogP) is 0.886. The van der Waals surface area contributed by atoms with Crippen LogP contribution in [0.4, 0.5) is 0 Å². The number of amides is 1. The van der Waals surface area contributed by atoms with Crippen LogP contribution in [0, 0.1) is 5.92 Å². The topological polar surface area (TPSA) is 55.1 Å². The van der Waals surface area contributed by atoms with Gasteiger partial charge in [-0.3, -0.25) is 4.79 Å². The minimum atomic E-state index is -0.359. The summed E-state index contributed by atoms with van der Waals surface area (Å²) in [4.78, 5) is 11.2. The number of rotatable bonds is 5. The molecule has 0 unspecified atom stereocenters. The van der Waals surface area contributed by atoms with E-state index in [0.29, 0.717) is 0 Å². The van der Waals surface area contributed by atoms with E-state index in [1.807, 2.05) is 13.8 Å². The Labute approximate surface area is 74.7 Å². The second-order valence-electron chi connectivity index (χ2n) is 3.41. The summed E-state index contributed by atoms with van der Waals surface area (Å²) >= 11 is 0. The summed E-state index contributed by atoms with van der Waals surface area (Å²) in [6.45, 7) is 6.73. The van der Waals surface area contributed by atoms with Gasteiger partial charge in [-0.1, -0.05) is 27.2 Å². The monoisotopic (exact) mass is 175 g/mol. The van der Waals surface area contributed by atoms with E-state index in [9.17, 15) is 4.79 Å². The molecule has 0 aliphatic carbocycles. The smallest absolute Gasteiger partial charge is 0.237 e. The molecule has 0 spiro atoms. The highest BCUT2D eigenvalue weighted by molar-refractivity contribution is 5.81. The number of hydrogen-bond donors (Lipinski definition) is 2. The van der Waals surface area contributed by atoms with Gasteiger partial charge in [0.1, 0.15) is 0 Å². The van der Waals surface area contributed by atoms with Gasteiger partial charge in [0.2, 0.25) is 5.91 Å². The highest BCUT2D eigenvalue weighted by Crippen LogP contribution is 1.97. The van der Waals surface area contributed by atoms with Gasteiger partial charge in [-0.25, -0.2) is 0 Å². The van der Waals surface area contributed by atoms with Gasteiger partial charge in [0.25, 0.3) is 0 Å². The lowest BCUT2D eigenvalue weighted by atomic mass is 10.1. The van der Waals surface area contributed by atoms with Gasteiger partial charge in [-0.15, -0.1) is 0 Å². The molecule has 0 aliphatic heterocycles. The van der Waals surface area contributed by atoms with Gasteiger partial charge in [-0.05, 0) is 12.3 Å². The molecule has 0 fully saturated rings. The van der Waals surface area contributed by atoms with Crippen LogP contribution in [0.1, 0.15) is 33.6 Å². The number of carbonyl (C=O) groups excluding carboxylic acids is 1. The highest BCUT2D eigenvalue weighted by Gasteiger charge is 2.15. The Morgan fingerprint density at radius 2 is 2.08 bits per heavy atom. The molecule has 1 atom stereocenters. The van der Waals surface area contributed by atoms with Gasteiger partial charge < -0.3 is 11.1 Å². The molecule has 72 valence electrons. The van der Waals surface area contributed by atoms with Crippen LogP contribution >= 0.6 is 0 Å². The number of carbonyl (C=O) groups is 1. The fraction of sp³-hybridized carbons (Fsp3) is 0.889. The first-order valence-electron chi connectivity index (χ1n) is 4.62. The highest BCUT2D eigenvalue weighted by atomic mass is 18.1. The summed E-state index contributed by atoms with van der Waals surface area (Å²) in [5, 5.41) is 2.80. The summed E-state index contributed by atoms with van der Waals surface area (Å²) in [6, 6.07) is -0.359. The molecule has 0 aromatic carbocycles. The molecular formula is C9H20N2O. The Hall–Kier alpha value is -0.570. The van der Waals surface area contributed by atoms with Crippen LogP contribution in [0.2, 0.25) is 0 Å². The molecule has 0 aliphatic rings. The van der Waals surface area contributed by atoms with Gasteiger partial charge in [-0.2, -0.15) is 0 Å². The molecule has 0 rings (SSSR count). The zero-order valence-corrected chi connectivity index (χ0v) is 8.26. The zero-order chi connectivity index (χ0) is 9.56. The molecule has 0 saturated carbocycles. The Kier molecular flexibility index (Phi) is 5.72. The van der Waals surface area contributed by atoms with E-state index in [1.54, 1.807) is 0 Å². The lowest BCUT2D eigenvalue weighted by Crippen LogP contribution is -2.44. The third-order valence-electron chi connectivity index (χ3n) is 1.85. The molecule has 1 amide bonds. The van der Waals surface area contributed by atoms with Crippen molar-refractivity contribution < 1.29 is 4.79 Å². The number of nitrogens with two attached hydrogens (primary N) is 1. The Bertz CT molecular complexity index is 134. The molecule has 0 bridgehead atoms. The van der Waals surface area contributed by atoms with E-state index in [-0.39, 0.29) is 17.9 Å². The molecule has 0 heterocycles. The second kappa shape index (κ2) is 6.00. The van der Waals surface area contributed by atoms with Crippen molar-refractivity contribution in [2.75, 3.05) is 6.54 Å². The van der Waals surface area contributed by atoms with E-state index in [0.717, 1.165) is 19.4 Å². The largest absolute Gasteiger partial charge is 0.355 e. The molecule has 3 nitrogen and oxygen atoms in total. The zero-order valence-electron chi connectivity index (χ0n) is 8.26. The quantitative estimate of drug-likeness (QED) is 0.370. The lowest BCUT2D eigenvalue weighted by molar-refractivity contribution is -0.123. The second-order valence-corrected chi connectivity index (χ2v) is 3.41. The van der Waals surface area contributed by atoms with E-state index >= 15 is 0 Å². The Morgan fingerprint density at radius 3 is 2.50 bits per heavy atom. The predicted molar refractivity (Wildman–Crippen MR) is 50.7 cm³/mol. The van der Waals surface area contributed by atoms with Crippen LogP contribution in [-0.2, 0) is 4.79 Å². The summed E-state index contributed by atoms with van der Waals surface area (Å²) in [7, 11) is 0. The summed E-state index contributed by atoms with van der Waals surface area (Å²) < 4.78 is 0. The number of unbranched alkanes of at least 4 members (excludes halogenated alkanes) is 1. The minimum absolute atomic E-state index is 0.0292. The van der Waals surface area contributed by atoms with Crippen molar-refractivity contribution in [3.8, 4) is 0 Å². The van der Waals surface area contributed by atoms with Crippen LogP contribution in [-0.4, -0.2) is 18.5 Å². The van der Waals surface area contributed by atoms with Crippen molar-refractivity contribution in [1.29, 1.82) is 0 Å². The van der Waals surface area contributed by atoms with Crippen LogP contribution in [0.3, 0.4) is 0 Å². The van der Waals surface area contributed by atoms with E-state index in [1.165, 1.54) is 0 Å². The fourth-order valence-electron chi connectivity index (χ4n) is 0.809. The van der Waals surface area contributed by atoms with Crippen LogP contribution in [0.5, 0.6) is 0 Å². The molecule has 0 saturated heterocycles. The third-order valence-corrected chi connectivity index (χ3v) is 1.85. The lowest BCUT2D eigenvalue weighted by Gasteiger charge is -2.14. The SMILES string of the molecule is CCCC[15NH]C(=[18O])[C@@H](N)C(C)C. The Morgan fingerprint density at radius 1 is 1.50 bits per heavy atom. The summed E-state index contributed by atoms with van der Waals surface area (Å²) in [6.07, 6.45) is 2.12. The maximum absolute atomic E-state index is 11.2. The summed E-state index contributed by atoms with van der Waals surface area (Å²) in [5.74, 6) is 0.185. The minimum Gasteiger partial charge on any atom is -0.355 e. The van der Waals surface area contributed by atoms with Crippen LogP contribution in [0.15, 0.2) is 0 Å². The van der Waals surface area contributed by atoms with Crippen molar-refractivity contribution in [1.82, 2.24) is 5.32 Å². The fourth-order valence-corrected chi connectivity index (χ4v) is 0.809. The van der Waals surface area contributed by atoms with Gasteiger partial charge in [0.05, 0.1) is 6.04 Å². The van der Waals surface area contributed by atoms with Gasteiger partial charge >= 0.3 is 0 Å². The van der Waals surface area contributed by atoms with Crippen molar-refractivity contribution in [3.63, 3.8) is 0 Å². The first-order valence-corrected chi connectivity index (χ1v) is 4.62. The van der Waals surface area contributed by atoms with Crippen molar-refractivity contribution in [2.45, 2.75) is 39.7 Å². The maximum atomic E-state index is 11.2. The average Bonchev–Trinajstić information content (AvgIpc) is 2.03. The standard InChI is InChI=1S/C9H20N2O/c1-4-5-6-11-9(12)8(10)7(2)3/h7-8H,4-6,10H2,1-3H3,(H,11,12)/t8-/m0/s1/i11+1,12+2.